The third-order valence-corrected chi connectivity index (χ3v) is 1.50. The zero-order valence-electron chi connectivity index (χ0n) is 8.22. The summed E-state index contributed by atoms with van der Waals surface area (Å²) in [4.78, 5) is 10.8. The Hall–Kier alpha value is -0.790. The molecule has 70 valence electrons. The van der Waals surface area contributed by atoms with E-state index in [9.17, 15) is 4.79 Å². The molecule has 0 fully saturated rings. The second-order valence-electron chi connectivity index (χ2n) is 2.36. The minimum atomic E-state index is 0.203. The minimum absolute atomic E-state index is 0.203. The first-order valence-corrected chi connectivity index (χ1v) is 4.69. The fourth-order valence-corrected chi connectivity index (χ4v) is 1.06. The van der Waals surface area contributed by atoms with Crippen LogP contribution in [0, 0.1) is 0 Å². The zero-order valence-corrected chi connectivity index (χ0v) is 8.22. The van der Waals surface area contributed by atoms with Gasteiger partial charge in [0.15, 0.2) is 5.78 Å². The van der Waals surface area contributed by atoms with Crippen molar-refractivity contribution < 1.29 is 9.53 Å². The van der Waals surface area contributed by atoms with Gasteiger partial charge in [-0.1, -0.05) is 13.8 Å². The molecule has 1 rings (SSSR count). The van der Waals surface area contributed by atoms with Crippen LogP contribution in [0.2, 0.25) is 0 Å². The standard InChI is InChI=1S/C8H12O2.C2H6/c1-2-10-8-5-3-4-7(9)6-8;1-2/h6H,2-5H2,1H3;1-2H3. The van der Waals surface area contributed by atoms with E-state index in [0.29, 0.717) is 13.0 Å². The van der Waals surface area contributed by atoms with Crippen molar-refractivity contribution in [2.24, 2.45) is 0 Å². The van der Waals surface area contributed by atoms with E-state index in [0.717, 1.165) is 18.6 Å². The summed E-state index contributed by atoms with van der Waals surface area (Å²) >= 11 is 0. The van der Waals surface area contributed by atoms with Crippen LogP contribution in [0.25, 0.3) is 0 Å². The molecule has 12 heavy (non-hydrogen) atoms. The molecule has 1 aliphatic rings. The van der Waals surface area contributed by atoms with Crippen molar-refractivity contribution in [1.82, 2.24) is 0 Å². The molecule has 0 bridgehead atoms. The van der Waals surface area contributed by atoms with Gasteiger partial charge < -0.3 is 4.74 Å². The topological polar surface area (TPSA) is 26.3 Å². The van der Waals surface area contributed by atoms with Crippen LogP contribution in [0.5, 0.6) is 0 Å². The highest BCUT2D eigenvalue weighted by Gasteiger charge is 2.09. The van der Waals surface area contributed by atoms with Gasteiger partial charge >= 0.3 is 0 Å². The molecule has 0 aromatic rings. The summed E-state index contributed by atoms with van der Waals surface area (Å²) in [5, 5.41) is 0. The van der Waals surface area contributed by atoms with E-state index in [1.54, 1.807) is 6.08 Å². The first-order chi connectivity index (χ1) is 5.83. The molecule has 1 aliphatic carbocycles. The number of hydrogen-bond acceptors (Lipinski definition) is 2. The number of allylic oxidation sites excluding steroid dienone is 2. The summed E-state index contributed by atoms with van der Waals surface area (Å²) in [6.45, 7) is 6.60. The van der Waals surface area contributed by atoms with Crippen molar-refractivity contribution in [1.29, 1.82) is 0 Å². The molecular weight excluding hydrogens is 152 g/mol. The SMILES string of the molecule is CC.CCOC1=CC(=O)CCC1. The molecule has 2 heteroatoms. The number of rotatable bonds is 2. The summed E-state index contributed by atoms with van der Waals surface area (Å²) in [6, 6.07) is 0. The smallest absolute Gasteiger partial charge is 0.159 e. The average Bonchev–Trinajstić information content (AvgIpc) is 2.09. The molecule has 2 nitrogen and oxygen atoms in total. The van der Waals surface area contributed by atoms with Crippen molar-refractivity contribution in [2.45, 2.75) is 40.0 Å². The molecule has 0 radical (unpaired) electrons. The van der Waals surface area contributed by atoms with Gasteiger partial charge in [0.25, 0.3) is 0 Å². The number of hydrogen-bond donors (Lipinski definition) is 0. The normalized spacial score (nSPS) is 15.9. The summed E-state index contributed by atoms with van der Waals surface area (Å²) < 4.78 is 5.19. The molecule has 0 saturated carbocycles. The van der Waals surface area contributed by atoms with E-state index in [-0.39, 0.29) is 5.78 Å². The van der Waals surface area contributed by atoms with Crippen LogP contribution in [0.3, 0.4) is 0 Å². The maximum atomic E-state index is 10.8. The van der Waals surface area contributed by atoms with E-state index in [1.807, 2.05) is 20.8 Å². The molecule has 0 aromatic heterocycles. The van der Waals surface area contributed by atoms with E-state index in [1.165, 1.54) is 0 Å². The van der Waals surface area contributed by atoms with Crippen molar-refractivity contribution >= 4 is 5.78 Å². The molecule has 0 atom stereocenters. The second-order valence-corrected chi connectivity index (χ2v) is 2.36. The first kappa shape index (κ1) is 11.2. The van der Waals surface area contributed by atoms with Crippen LogP contribution < -0.4 is 0 Å². The van der Waals surface area contributed by atoms with Crippen LogP contribution in [0.4, 0.5) is 0 Å². The Kier molecular flexibility index (Phi) is 6.44. The third kappa shape index (κ3) is 4.16. The predicted molar refractivity (Wildman–Crippen MR) is 49.9 cm³/mol. The van der Waals surface area contributed by atoms with Crippen molar-refractivity contribution in [3.63, 3.8) is 0 Å². The average molecular weight is 170 g/mol. The maximum Gasteiger partial charge on any atom is 0.159 e. The maximum absolute atomic E-state index is 10.8. The van der Waals surface area contributed by atoms with Crippen molar-refractivity contribution in [3.8, 4) is 0 Å². The fourth-order valence-electron chi connectivity index (χ4n) is 1.06. The van der Waals surface area contributed by atoms with E-state index in [4.69, 9.17) is 4.74 Å². The quantitative estimate of drug-likeness (QED) is 0.637. The Labute approximate surface area is 74.6 Å². The van der Waals surface area contributed by atoms with Gasteiger partial charge in [-0.15, -0.1) is 0 Å². The lowest BCUT2D eigenvalue weighted by atomic mass is 10.1. The molecule has 0 spiro atoms. The molecule has 0 N–H and O–H groups in total. The molecule has 0 heterocycles. The van der Waals surface area contributed by atoms with Crippen LogP contribution in [-0.4, -0.2) is 12.4 Å². The van der Waals surface area contributed by atoms with Gasteiger partial charge in [-0.2, -0.15) is 0 Å². The molecular formula is C10H18O2. The Balaban J connectivity index is 0.000000561. The van der Waals surface area contributed by atoms with Gasteiger partial charge in [0.05, 0.1) is 12.4 Å². The minimum Gasteiger partial charge on any atom is -0.498 e. The Morgan fingerprint density at radius 3 is 2.58 bits per heavy atom. The van der Waals surface area contributed by atoms with E-state index >= 15 is 0 Å². The summed E-state index contributed by atoms with van der Waals surface area (Å²) in [7, 11) is 0. The van der Waals surface area contributed by atoms with Gasteiger partial charge in [0, 0.05) is 18.9 Å². The Bertz CT molecular complexity index is 159. The lowest BCUT2D eigenvalue weighted by molar-refractivity contribution is -0.115. The summed E-state index contributed by atoms with van der Waals surface area (Å²) in [6.07, 6.45) is 4.19. The van der Waals surface area contributed by atoms with Crippen molar-refractivity contribution in [3.05, 3.63) is 11.8 Å². The highest BCUT2D eigenvalue weighted by atomic mass is 16.5. The molecule has 0 aliphatic heterocycles. The zero-order chi connectivity index (χ0) is 9.40. The molecule has 0 aromatic carbocycles. The van der Waals surface area contributed by atoms with E-state index in [2.05, 4.69) is 0 Å². The van der Waals surface area contributed by atoms with Crippen LogP contribution in [0.1, 0.15) is 40.0 Å². The molecule has 0 amide bonds. The van der Waals surface area contributed by atoms with Crippen molar-refractivity contribution in [2.75, 3.05) is 6.61 Å². The van der Waals surface area contributed by atoms with E-state index < -0.39 is 0 Å². The second kappa shape index (κ2) is 6.89. The van der Waals surface area contributed by atoms with Gasteiger partial charge in [0.2, 0.25) is 0 Å². The van der Waals surface area contributed by atoms with Crippen LogP contribution in [0.15, 0.2) is 11.8 Å². The lowest BCUT2D eigenvalue weighted by Crippen LogP contribution is -2.04. The summed E-state index contributed by atoms with van der Waals surface area (Å²) in [5.74, 6) is 1.06. The number of carbonyl (C=O) groups is 1. The number of ether oxygens (including phenoxy) is 1. The van der Waals surface area contributed by atoms with Crippen LogP contribution in [-0.2, 0) is 9.53 Å². The first-order valence-electron chi connectivity index (χ1n) is 4.69. The Morgan fingerprint density at radius 1 is 1.42 bits per heavy atom. The fraction of sp³-hybridized carbons (Fsp3) is 0.700. The number of carbonyl (C=O) groups excluding carboxylic acids is 1. The third-order valence-electron chi connectivity index (χ3n) is 1.50. The molecule has 0 unspecified atom stereocenters. The highest BCUT2D eigenvalue weighted by Crippen LogP contribution is 2.15. The lowest BCUT2D eigenvalue weighted by Gasteiger charge is -2.11. The van der Waals surface area contributed by atoms with Gasteiger partial charge in [-0.05, 0) is 13.3 Å². The van der Waals surface area contributed by atoms with Gasteiger partial charge in [-0.25, -0.2) is 0 Å². The van der Waals surface area contributed by atoms with Gasteiger partial charge in [0.1, 0.15) is 0 Å². The monoisotopic (exact) mass is 170 g/mol. The largest absolute Gasteiger partial charge is 0.498 e. The Morgan fingerprint density at radius 2 is 2.08 bits per heavy atom. The highest BCUT2D eigenvalue weighted by molar-refractivity contribution is 5.90. The van der Waals surface area contributed by atoms with Crippen LogP contribution >= 0.6 is 0 Å². The van der Waals surface area contributed by atoms with Gasteiger partial charge in [-0.3, -0.25) is 4.79 Å². The summed E-state index contributed by atoms with van der Waals surface area (Å²) in [5.41, 5.74) is 0. The number of ketones is 1. The predicted octanol–water partition coefficient (Wildman–Crippen LogP) is 2.69. The molecule has 0 saturated heterocycles.